The van der Waals surface area contributed by atoms with Gasteiger partial charge in [-0.15, -0.1) is 0 Å². The zero-order chi connectivity index (χ0) is 6.57. The van der Waals surface area contributed by atoms with Crippen LogP contribution >= 0.6 is 0 Å². The molecule has 0 spiro atoms. The minimum atomic E-state index is -1.67. The van der Waals surface area contributed by atoms with Crippen molar-refractivity contribution in [3.05, 3.63) is 0 Å². The van der Waals surface area contributed by atoms with Crippen LogP contribution in [-0.4, -0.2) is 12.3 Å². The summed E-state index contributed by atoms with van der Waals surface area (Å²) in [6.45, 7) is 3.28. The maximum absolute atomic E-state index is 9.45. The Morgan fingerprint density at radius 2 is 2.00 bits per heavy atom. The third kappa shape index (κ3) is 11.7. The summed E-state index contributed by atoms with van der Waals surface area (Å²) < 4.78 is 0. The van der Waals surface area contributed by atoms with Gasteiger partial charge in [0, 0.05) is 0 Å². The van der Waals surface area contributed by atoms with Crippen LogP contribution in [0.1, 0.15) is 13.8 Å². The van der Waals surface area contributed by atoms with E-state index in [-0.39, 0.29) is 35.7 Å². The third-order valence-electron chi connectivity index (χ3n) is 0.309. The summed E-state index contributed by atoms with van der Waals surface area (Å²) in [6, 6.07) is 0. The van der Waals surface area contributed by atoms with E-state index in [0.29, 0.717) is 0 Å². The molecule has 5 heteroatoms. The zero-order valence-corrected chi connectivity index (χ0v) is 7.71. The molecule has 0 bridgehead atoms. The minimum absolute atomic E-state index is 0. The molecule has 0 radical (unpaired) electrons. The fraction of sp³-hybridized carbons (Fsp3) is 0.750. The first kappa shape index (κ1) is 12.0. The second-order valence-corrected chi connectivity index (χ2v) is 1.48. The number of rotatable bonds is 2. The van der Waals surface area contributed by atoms with E-state index in [0.717, 1.165) is 0 Å². The normalized spacial score (nSPS) is 8.33. The summed E-state index contributed by atoms with van der Waals surface area (Å²) in [5.41, 5.74) is 0. The van der Waals surface area contributed by atoms with Crippen LogP contribution in [0.5, 0.6) is 0 Å². The Labute approximate surface area is 75.4 Å². The van der Waals surface area contributed by atoms with Gasteiger partial charge in [0.05, 0.1) is 6.10 Å². The average Bonchev–Trinajstić information content (AvgIpc) is 1.61. The molecule has 0 amide bonds. The van der Waals surface area contributed by atoms with Crippen LogP contribution < -0.4 is 34.7 Å². The van der Waals surface area contributed by atoms with Crippen molar-refractivity contribution in [2.24, 2.45) is 0 Å². The Balaban J connectivity index is 0. The molecule has 0 saturated heterocycles. The van der Waals surface area contributed by atoms with Crippen LogP contribution in [0, 0.1) is 0 Å². The summed E-state index contributed by atoms with van der Waals surface area (Å²) in [5, 5.41) is 9.45. The molecule has 0 N–H and O–H groups in total. The van der Waals surface area contributed by atoms with E-state index >= 15 is 0 Å². The van der Waals surface area contributed by atoms with Gasteiger partial charge in [0.25, 0.3) is 6.16 Å². The Morgan fingerprint density at radius 1 is 1.56 bits per heavy atom. The molecular weight excluding hydrogens is 135 g/mol. The van der Waals surface area contributed by atoms with Crippen LogP contribution in [0.2, 0.25) is 0 Å². The Kier molecular flexibility index (Phi) is 8.44. The van der Waals surface area contributed by atoms with Gasteiger partial charge in [-0.2, -0.15) is 0 Å². The molecule has 0 atom stereocenters. The molecule has 9 heavy (non-hydrogen) atoms. The quantitative estimate of drug-likeness (QED) is 0.230. The molecule has 0 rings (SSSR count). The van der Waals surface area contributed by atoms with Gasteiger partial charge in [-0.1, -0.05) is 0 Å². The van der Waals surface area contributed by atoms with Crippen molar-refractivity contribution in [3.63, 3.8) is 0 Å². The molecule has 0 aliphatic rings. The molecule has 0 aromatic rings. The Bertz CT molecular complexity index is 82.6. The molecule has 0 heterocycles. The number of carboxylic acid groups (broad SMARTS) is 1. The van der Waals surface area contributed by atoms with Gasteiger partial charge in [0.2, 0.25) is 0 Å². The number of carbonyl (C=O) groups excluding carboxylic acids is 1. The van der Waals surface area contributed by atoms with Crippen LogP contribution in [0.4, 0.5) is 4.79 Å². The minimum Gasteiger partial charge on any atom is -0.424 e. The second-order valence-electron chi connectivity index (χ2n) is 1.48. The van der Waals surface area contributed by atoms with Gasteiger partial charge in [-0.05, 0) is 13.8 Å². The molecule has 0 fully saturated rings. The topological polar surface area (TPSA) is 58.6 Å². The largest absolute Gasteiger partial charge is 1.00 e. The van der Waals surface area contributed by atoms with Crippen molar-refractivity contribution in [3.8, 4) is 0 Å². The van der Waals surface area contributed by atoms with Gasteiger partial charge in [0.1, 0.15) is 0 Å². The smallest absolute Gasteiger partial charge is 0.424 e. The first-order valence-corrected chi connectivity index (χ1v) is 2.17. The Hall–Kier alpha value is 0.230. The molecule has 0 aliphatic heterocycles. The molecule has 0 saturated carbocycles. The van der Waals surface area contributed by atoms with Crippen LogP contribution in [0.3, 0.4) is 0 Å². The molecule has 0 unspecified atom stereocenters. The summed E-state index contributed by atoms with van der Waals surface area (Å²) in [6.07, 6.45) is -1.92. The van der Waals surface area contributed by atoms with Crippen molar-refractivity contribution in [1.82, 2.24) is 0 Å². The molecule has 48 valence electrons. The first-order valence-electron chi connectivity index (χ1n) is 2.17. The van der Waals surface area contributed by atoms with E-state index in [9.17, 15) is 9.90 Å². The molecule has 4 nitrogen and oxygen atoms in total. The number of hydrogen-bond donors (Lipinski definition) is 0. The third-order valence-corrected chi connectivity index (χ3v) is 0.309. The van der Waals surface area contributed by atoms with Gasteiger partial charge >= 0.3 is 29.6 Å². The average molecular weight is 142 g/mol. The number of carbonyl (C=O) groups is 1. The van der Waals surface area contributed by atoms with Crippen LogP contribution in [0.25, 0.3) is 0 Å². The fourth-order valence-corrected chi connectivity index (χ4v) is 0.136. The maximum Gasteiger partial charge on any atom is 1.00 e. The van der Waals surface area contributed by atoms with E-state index in [1.807, 2.05) is 0 Å². The van der Waals surface area contributed by atoms with E-state index in [1.54, 1.807) is 13.8 Å². The van der Waals surface area contributed by atoms with Gasteiger partial charge in [0.15, 0.2) is 0 Å². The van der Waals surface area contributed by atoms with Crippen molar-refractivity contribution < 1.29 is 49.2 Å². The zero-order valence-electron chi connectivity index (χ0n) is 5.71. The molecule has 0 aromatic carbocycles. The summed E-state index contributed by atoms with van der Waals surface area (Å²) in [5.74, 6) is 0. The molecule has 0 aliphatic carbocycles. The fourth-order valence-electron chi connectivity index (χ4n) is 0.136. The molecule has 0 aromatic heterocycles. The van der Waals surface area contributed by atoms with Gasteiger partial charge in [-0.3, -0.25) is 4.89 Å². The van der Waals surface area contributed by atoms with E-state index in [4.69, 9.17) is 0 Å². The van der Waals surface area contributed by atoms with Crippen molar-refractivity contribution >= 4 is 6.16 Å². The Morgan fingerprint density at radius 3 is 2.11 bits per heavy atom. The van der Waals surface area contributed by atoms with Crippen molar-refractivity contribution in [2.45, 2.75) is 20.0 Å². The van der Waals surface area contributed by atoms with Crippen LogP contribution in [0.15, 0.2) is 0 Å². The summed E-state index contributed by atoms with van der Waals surface area (Å²) in [4.78, 5) is 17.2. The van der Waals surface area contributed by atoms with Crippen LogP contribution in [-0.2, 0) is 9.78 Å². The monoisotopic (exact) mass is 142 g/mol. The number of hydrogen-bond acceptors (Lipinski definition) is 4. The predicted molar refractivity (Wildman–Crippen MR) is 22.7 cm³/mol. The molecular formula is C4H7NaO4. The van der Waals surface area contributed by atoms with Gasteiger partial charge in [-0.25, -0.2) is 0 Å². The van der Waals surface area contributed by atoms with Crippen molar-refractivity contribution in [1.29, 1.82) is 0 Å². The summed E-state index contributed by atoms with van der Waals surface area (Å²) >= 11 is 0. The SMILES string of the molecule is CC(C)OOC(=O)[O-].[Na+]. The van der Waals surface area contributed by atoms with Gasteiger partial charge < -0.3 is 14.8 Å². The predicted octanol–water partition coefficient (Wildman–Crippen LogP) is -3.31. The van der Waals surface area contributed by atoms with E-state index < -0.39 is 6.16 Å². The maximum atomic E-state index is 9.45. The van der Waals surface area contributed by atoms with E-state index in [2.05, 4.69) is 9.78 Å². The summed E-state index contributed by atoms with van der Waals surface area (Å²) in [7, 11) is 0. The second kappa shape index (κ2) is 6.35. The first-order chi connectivity index (χ1) is 3.63. The van der Waals surface area contributed by atoms with E-state index in [1.165, 1.54) is 0 Å². The van der Waals surface area contributed by atoms with Crippen molar-refractivity contribution in [2.75, 3.05) is 0 Å². The standard InChI is InChI=1S/C4H8O4.Na/c1-3(2)7-8-4(5)6;/h3H,1-2H3,(H,5,6);/q;+1/p-1.